The molecule has 0 amide bonds. The van der Waals surface area contributed by atoms with Crippen LogP contribution in [0.15, 0.2) is 18.2 Å². The zero-order valence-corrected chi connectivity index (χ0v) is 9.85. The Morgan fingerprint density at radius 1 is 1.65 bits per heavy atom. The molecule has 0 bridgehead atoms. The van der Waals surface area contributed by atoms with Gasteiger partial charge in [0.1, 0.15) is 11.9 Å². The van der Waals surface area contributed by atoms with Gasteiger partial charge in [0.25, 0.3) is 0 Å². The first-order valence-electron chi connectivity index (χ1n) is 5.89. The monoisotopic (exact) mass is 235 g/mol. The number of nitrogen functional groups attached to an aromatic ring is 1. The smallest absolute Gasteiger partial charge is 0.310 e. The Balaban J connectivity index is 2.18. The molecule has 2 rings (SSSR count). The number of carbonyl (C=O) groups is 1. The van der Waals surface area contributed by atoms with Crippen LogP contribution in [0.4, 0.5) is 5.69 Å². The van der Waals surface area contributed by atoms with Gasteiger partial charge in [0.15, 0.2) is 0 Å². The second kappa shape index (κ2) is 4.65. The molecule has 0 saturated carbocycles. The van der Waals surface area contributed by atoms with Gasteiger partial charge in [-0.2, -0.15) is 0 Å². The molecule has 0 spiro atoms. The van der Waals surface area contributed by atoms with E-state index in [1.165, 1.54) is 0 Å². The Morgan fingerprint density at radius 3 is 3.06 bits per heavy atom. The van der Waals surface area contributed by atoms with Crippen LogP contribution >= 0.6 is 0 Å². The van der Waals surface area contributed by atoms with Crippen LogP contribution in [0, 0.1) is 5.92 Å². The van der Waals surface area contributed by atoms with Crippen molar-refractivity contribution in [3.8, 4) is 5.75 Å². The maximum atomic E-state index is 11.1. The number of carboxylic acid groups (broad SMARTS) is 1. The summed E-state index contributed by atoms with van der Waals surface area (Å²) in [4.78, 5) is 11.1. The number of rotatable bonds is 3. The minimum atomic E-state index is -0.781. The van der Waals surface area contributed by atoms with E-state index < -0.39 is 11.9 Å². The summed E-state index contributed by atoms with van der Waals surface area (Å²) in [5.41, 5.74) is 7.49. The fourth-order valence-electron chi connectivity index (χ4n) is 2.31. The fraction of sp³-hybridized carbons (Fsp3) is 0.462. The number of hydrogen-bond acceptors (Lipinski definition) is 3. The minimum absolute atomic E-state index is 0.228. The molecule has 4 heteroatoms. The molecule has 0 fully saturated rings. The standard InChI is InChI=1S/C13H17NO3/c1-2-10(13(15)16)12-5-3-8-7-9(14)4-6-11(8)17-12/h4,6-7,10,12H,2-3,5,14H2,1H3,(H,15,16)/t10?,12-/m0/s1. The lowest BCUT2D eigenvalue weighted by molar-refractivity contribution is -0.145. The van der Waals surface area contributed by atoms with Gasteiger partial charge >= 0.3 is 5.97 Å². The molecule has 1 aliphatic rings. The molecule has 2 atom stereocenters. The van der Waals surface area contributed by atoms with E-state index in [-0.39, 0.29) is 6.10 Å². The van der Waals surface area contributed by atoms with E-state index in [2.05, 4.69) is 0 Å². The highest BCUT2D eigenvalue weighted by Gasteiger charge is 2.31. The van der Waals surface area contributed by atoms with E-state index in [0.717, 1.165) is 29.8 Å². The Labute approximate surface area is 100 Å². The van der Waals surface area contributed by atoms with Gasteiger partial charge in [-0.15, -0.1) is 0 Å². The molecule has 4 nitrogen and oxygen atoms in total. The van der Waals surface area contributed by atoms with Gasteiger partial charge < -0.3 is 15.6 Å². The molecule has 1 heterocycles. The number of nitrogens with two attached hydrogens (primary N) is 1. The maximum Gasteiger partial charge on any atom is 0.310 e. The molecular weight excluding hydrogens is 218 g/mol. The number of ether oxygens (including phenoxy) is 1. The van der Waals surface area contributed by atoms with Crippen LogP contribution < -0.4 is 10.5 Å². The number of carboxylic acids is 1. The van der Waals surface area contributed by atoms with Crippen LogP contribution in [0.25, 0.3) is 0 Å². The number of hydrogen-bond donors (Lipinski definition) is 2. The van der Waals surface area contributed by atoms with Crippen LogP contribution in [0.3, 0.4) is 0 Å². The van der Waals surface area contributed by atoms with E-state index in [1.54, 1.807) is 6.07 Å². The van der Waals surface area contributed by atoms with Gasteiger partial charge in [0.2, 0.25) is 0 Å². The van der Waals surface area contributed by atoms with E-state index in [4.69, 9.17) is 15.6 Å². The minimum Gasteiger partial charge on any atom is -0.489 e. The predicted molar refractivity (Wildman–Crippen MR) is 65.0 cm³/mol. The van der Waals surface area contributed by atoms with Crippen molar-refractivity contribution in [2.24, 2.45) is 5.92 Å². The first kappa shape index (κ1) is 11.8. The Kier molecular flexibility index (Phi) is 3.22. The number of aryl methyl sites for hydroxylation is 1. The zero-order chi connectivity index (χ0) is 12.4. The van der Waals surface area contributed by atoms with E-state index in [1.807, 2.05) is 19.1 Å². The summed E-state index contributed by atoms with van der Waals surface area (Å²) in [6.45, 7) is 1.88. The lowest BCUT2D eigenvalue weighted by Gasteiger charge is -2.29. The third-order valence-corrected chi connectivity index (χ3v) is 3.27. The topological polar surface area (TPSA) is 72.5 Å². The first-order valence-corrected chi connectivity index (χ1v) is 5.89. The summed E-state index contributed by atoms with van der Waals surface area (Å²) < 4.78 is 5.76. The van der Waals surface area contributed by atoms with Crippen molar-refractivity contribution in [2.45, 2.75) is 32.3 Å². The summed E-state index contributed by atoms with van der Waals surface area (Å²) in [5.74, 6) is -0.438. The molecule has 0 saturated heterocycles. The summed E-state index contributed by atoms with van der Waals surface area (Å²) >= 11 is 0. The molecule has 1 aromatic rings. The number of anilines is 1. The highest BCUT2D eigenvalue weighted by Crippen LogP contribution is 2.32. The van der Waals surface area contributed by atoms with Crippen LogP contribution in [0.2, 0.25) is 0 Å². The van der Waals surface area contributed by atoms with Gasteiger partial charge in [0.05, 0.1) is 5.92 Å². The maximum absolute atomic E-state index is 11.1. The molecule has 3 N–H and O–H groups in total. The second-order valence-electron chi connectivity index (χ2n) is 4.42. The molecular formula is C13H17NO3. The summed E-state index contributed by atoms with van der Waals surface area (Å²) in [5, 5.41) is 9.12. The SMILES string of the molecule is CCC(C(=O)O)[C@@H]1CCc2cc(N)ccc2O1. The van der Waals surface area contributed by atoms with Crippen molar-refractivity contribution in [3.63, 3.8) is 0 Å². The van der Waals surface area contributed by atoms with Crippen molar-refractivity contribution < 1.29 is 14.6 Å². The third-order valence-electron chi connectivity index (χ3n) is 3.27. The molecule has 1 unspecified atom stereocenters. The van der Waals surface area contributed by atoms with Crippen molar-refractivity contribution in [3.05, 3.63) is 23.8 Å². The molecule has 0 radical (unpaired) electrons. The van der Waals surface area contributed by atoms with Gasteiger partial charge in [0, 0.05) is 5.69 Å². The number of fused-ring (bicyclic) bond motifs is 1. The van der Waals surface area contributed by atoms with Gasteiger partial charge in [-0.05, 0) is 43.0 Å². The summed E-state index contributed by atoms with van der Waals surface area (Å²) in [6, 6.07) is 5.50. The predicted octanol–water partition coefficient (Wildman–Crippen LogP) is 2.07. The summed E-state index contributed by atoms with van der Waals surface area (Å²) in [7, 11) is 0. The van der Waals surface area contributed by atoms with Crippen LogP contribution in [-0.4, -0.2) is 17.2 Å². The average molecular weight is 235 g/mol. The number of aliphatic carboxylic acids is 1. The molecule has 1 aliphatic heterocycles. The Hall–Kier alpha value is -1.71. The van der Waals surface area contributed by atoms with Crippen LogP contribution in [0.5, 0.6) is 5.75 Å². The van der Waals surface area contributed by atoms with Crippen molar-refractivity contribution >= 4 is 11.7 Å². The largest absolute Gasteiger partial charge is 0.489 e. The third kappa shape index (κ3) is 2.35. The fourth-order valence-corrected chi connectivity index (χ4v) is 2.31. The normalized spacial score (nSPS) is 20.2. The molecule has 0 aromatic heterocycles. The van der Waals surface area contributed by atoms with Crippen LogP contribution in [0.1, 0.15) is 25.3 Å². The lowest BCUT2D eigenvalue weighted by atomic mass is 9.91. The highest BCUT2D eigenvalue weighted by molar-refractivity contribution is 5.70. The highest BCUT2D eigenvalue weighted by atomic mass is 16.5. The van der Waals surface area contributed by atoms with Gasteiger partial charge in [-0.25, -0.2) is 0 Å². The second-order valence-corrected chi connectivity index (χ2v) is 4.42. The molecule has 17 heavy (non-hydrogen) atoms. The average Bonchev–Trinajstić information content (AvgIpc) is 2.29. The van der Waals surface area contributed by atoms with Crippen molar-refractivity contribution in [1.29, 1.82) is 0 Å². The Morgan fingerprint density at radius 2 is 2.41 bits per heavy atom. The zero-order valence-electron chi connectivity index (χ0n) is 9.85. The molecule has 1 aromatic carbocycles. The first-order chi connectivity index (χ1) is 8.11. The quantitative estimate of drug-likeness (QED) is 0.787. The Bertz CT molecular complexity index is 431. The molecule has 0 aliphatic carbocycles. The van der Waals surface area contributed by atoms with Crippen molar-refractivity contribution in [2.75, 3.05) is 5.73 Å². The lowest BCUT2D eigenvalue weighted by Crippen LogP contribution is -2.35. The van der Waals surface area contributed by atoms with Gasteiger partial charge in [-0.1, -0.05) is 6.92 Å². The number of benzene rings is 1. The summed E-state index contributed by atoms with van der Waals surface area (Å²) in [6.07, 6.45) is 1.93. The van der Waals surface area contributed by atoms with Crippen molar-refractivity contribution in [1.82, 2.24) is 0 Å². The van der Waals surface area contributed by atoms with E-state index in [9.17, 15) is 4.79 Å². The molecule has 92 valence electrons. The van der Waals surface area contributed by atoms with Crippen LogP contribution in [-0.2, 0) is 11.2 Å². The van der Waals surface area contributed by atoms with E-state index >= 15 is 0 Å². The van der Waals surface area contributed by atoms with E-state index in [0.29, 0.717) is 6.42 Å². The van der Waals surface area contributed by atoms with Gasteiger partial charge in [-0.3, -0.25) is 4.79 Å².